The van der Waals surface area contributed by atoms with Crippen molar-refractivity contribution in [2.75, 3.05) is 11.1 Å². The smallest absolute Gasteiger partial charge is 0.190 e. The van der Waals surface area contributed by atoms with E-state index >= 15 is 0 Å². The molecule has 0 radical (unpaired) electrons. The zero-order valence-corrected chi connectivity index (χ0v) is 16.5. The maximum atomic E-state index is 5.78. The maximum absolute atomic E-state index is 5.78. The summed E-state index contributed by atoms with van der Waals surface area (Å²) in [5.41, 5.74) is 11.5. The van der Waals surface area contributed by atoms with Gasteiger partial charge in [-0.25, -0.2) is 9.97 Å². The summed E-state index contributed by atoms with van der Waals surface area (Å²) in [6.45, 7) is 6.14. The maximum Gasteiger partial charge on any atom is 0.190 e. The van der Waals surface area contributed by atoms with Crippen LogP contribution in [-0.4, -0.2) is 21.4 Å². The van der Waals surface area contributed by atoms with Crippen LogP contribution in [0.2, 0.25) is 0 Å². The molecule has 0 saturated heterocycles. The third-order valence-electron chi connectivity index (χ3n) is 4.48. The molecule has 0 atom stereocenters. The van der Waals surface area contributed by atoms with Gasteiger partial charge < -0.3 is 11.1 Å². The molecule has 0 saturated carbocycles. The number of aryl methyl sites for hydroxylation is 1. The number of nitrogens with zero attached hydrogens (tertiary/aromatic N) is 3. The van der Waals surface area contributed by atoms with Gasteiger partial charge in [0.25, 0.3) is 0 Å². The fourth-order valence-corrected chi connectivity index (χ4v) is 3.91. The number of rotatable bonds is 5. The van der Waals surface area contributed by atoms with E-state index in [2.05, 4.69) is 47.0 Å². The third-order valence-corrected chi connectivity index (χ3v) is 5.40. The number of para-hydroxylation sites is 1. The van der Waals surface area contributed by atoms with E-state index in [9.17, 15) is 0 Å². The standard InChI is InChI=1S/C22H21N5S/c1-14-8-9-20-16(10-14)11-18(25-20)13-28-22-24-15(2)19(12-23)21(27-22)26-17-6-4-3-5-7-17/h3-10,12H,2,11,13,23H2,1H3,(H,24,26,27). The van der Waals surface area contributed by atoms with Crippen LogP contribution >= 0.6 is 11.8 Å². The Balaban J connectivity index is 1.54. The summed E-state index contributed by atoms with van der Waals surface area (Å²) in [5.74, 6) is 1.40. The molecule has 0 amide bonds. The molecule has 6 heteroatoms. The molecule has 4 rings (SSSR count). The van der Waals surface area contributed by atoms with E-state index in [0.29, 0.717) is 21.5 Å². The highest BCUT2D eigenvalue weighted by atomic mass is 32.2. The fraction of sp³-hybridized carbons (Fsp3) is 0.136. The van der Waals surface area contributed by atoms with Gasteiger partial charge in [0.15, 0.2) is 5.16 Å². The summed E-state index contributed by atoms with van der Waals surface area (Å²) >= 11 is 1.56. The topological polar surface area (TPSA) is 76.2 Å². The molecule has 1 aromatic heterocycles. The van der Waals surface area contributed by atoms with Crippen LogP contribution in [0.1, 0.15) is 11.1 Å². The van der Waals surface area contributed by atoms with Gasteiger partial charge >= 0.3 is 0 Å². The Hall–Kier alpha value is -3.12. The van der Waals surface area contributed by atoms with Gasteiger partial charge in [-0.1, -0.05) is 54.2 Å². The van der Waals surface area contributed by atoms with Crippen molar-refractivity contribution in [3.63, 3.8) is 0 Å². The second-order valence-corrected chi connectivity index (χ2v) is 7.59. The summed E-state index contributed by atoms with van der Waals surface area (Å²) in [5, 5.41) is 5.27. The van der Waals surface area contributed by atoms with Crippen molar-refractivity contribution in [2.45, 2.75) is 18.5 Å². The highest BCUT2D eigenvalue weighted by Crippen LogP contribution is 2.29. The largest absolute Gasteiger partial charge is 0.404 e. The van der Waals surface area contributed by atoms with E-state index in [4.69, 9.17) is 10.7 Å². The predicted molar refractivity (Wildman–Crippen MR) is 118 cm³/mol. The molecule has 3 aromatic rings. The Bertz CT molecular complexity index is 1160. The number of fused-ring (bicyclic) bond motifs is 1. The Morgan fingerprint density at radius 3 is 2.79 bits per heavy atom. The summed E-state index contributed by atoms with van der Waals surface area (Å²) in [6.07, 6.45) is 2.37. The zero-order chi connectivity index (χ0) is 19.5. The van der Waals surface area contributed by atoms with Gasteiger partial charge in [-0.15, -0.1) is 0 Å². The average molecular weight is 388 g/mol. The molecule has 0 fully saturated rings. The molecule has 1 aliphatic heterocycles. The summed E-state index contributed by atoms with van der Waals surface area (Å²) < 4.78 is 0. The molecule has 3 N–H and O–H groups in total. The van der Waals surface area contributed by atoms with Crippen molar-refractivity contribution >= 4 is 47.4 Å². The minimum atomic E-state index is 0.603. The summed E-state index contributed by atoms with van der Waals surface area (Å²) in [7, 11) is 0. The van der Waals surface area contributed by atoms with Gasteiger partial charge in [0.2, 0.25) is 0 Å². The van der Waals surface area contributed by atoms with Gasteiger partial charge in [0.1, 0.15) is 5.82 Å². The summed E-state index contributed by atoms with van der Waals surface area (Å²) in [6, 6.07) is 16.2. The average Bonchev–Trinajstić information content (AvgIpc) is 3.09. The Morgan fingerprint density at radius 2 is 2.00 bits per heavy atom. The Labute approximate surface area is 168 Å². The number of benzene rings is 2. The van der Waals surface area contributed by atoms with Crippen molar-refractivity contribution in [3.05, 3.63) is 70.2 Å². The van der Waals surface area contributed by atoms with Crippen LogP contribution < -0.4 is 21.6 Å². The van der Waals surface area contributed by atoms with Gasteiger partial charge in [0, 0.05) is 29.8 Å². The van der Waals surface area contributed by atoms with Crippen LogP contribution in [-0.2, 0) is 6.42 Å². The molecule has 28 heavy (non-hydrogen) atoms. The lowest BCUT2D eigenvalue weighted by molar-refractivity contribution is 0.936. The Morgan fingerprint density at radius 1 is 1.18 bits per heavy atom. The third kappa shape index (κ3) is 3.92. The van der Waals surface area contributed by atoms with Crippen LogP contribution in [0.3, 0.4) is 0 Å². The first-order chi connectivity index (χ1) is 13.6. The van der Waals surface area contributed by atoms with E-state index in [1.807, 2.05) is 30.3 Å². The number of anilines is 2. The normalized spacial score (nSPS) is 13.3. The predicted octanol–water partition coefficient (Wildman–Crippen LogP) is 3.06. The SMILES string of the molecule is C=c1nc(SCC2=Nc3ccc(C)cc3C2)nc(Nc2ccccc2)c1=CN. The van der Waals surface area contributed by atoms with E-state index in [1.165, 1.54) is 17.3 Å². The fourth-order valence-electron chi connectivity index (χ4n) is 3.11. The number of hydrogen-bond acceptors (Lipinski definition) is 6. The molecule has 0 unspecified atom stereocenters. The second-order valence-electron chi connectivity index (χ2n) is 6.65. The second kappa shape index (κ2) is 7.86. The van der Waals surface area contributed by atoms with Gasteiger partial charge in [0.05, 0.1) is 16.3 Å². The van der Waals surface area contributed by atoms with E-state index in [-0.39, 0.29) is 0 Å². The summed E-state index contributed by atoms with van der Waals surface area (Å²) in [4.78, 5) is 13.9. The highest BCUT2D eigenvalue weighted by molar-refractivity contribution is 7.99. The van der Waals surface area contributed by atoms with Crippen LogP contribution in [0.4, 0.5) is 17.2 Å². The number of hydrogen-bond donors (Lipinski definition) is 2. The van der Waals surface area contributed by atoms with E-state index in [0.717, 1.165) is 29.3 Å². The molecule has 1 aliphatic rings. The quantitative estimate of drug-likeness (QED) is 0.520. The van der Waals surface area contributed by atoms with Crippen LogP contribution in [0, 0.1) is 6.92 Å². The molecule has 2 aromatic carbocycles. The van der Waals surface area contributed by atoms with Crippen molar-refractivity contribution in [2.24, 2.45) is 10.7 Å². The Kier molecular flexibility index (Phi) is 5.12. The van der Waals surface area contributed by atoms with Crippen LogP contribution in [0.25, 0.3) is 12.8 Å². The monoisotopic (exact) mass is 387 g/mol. The molecule has 140 valence electrons. The first kappa shape index (κ1) is 18.3. The lowest BCUT2D eigenvalue weighted by Crippen LogP contribution is -2.32. The lowest BCUT2D eigenvalue weighted by Gasteiger charge is -2.08. The van der Waals surface area contributed by atoms with Crippen LogP contribution in [0.5, 0.6) is 0 Å². The molecule has 0 bridgehead atoms. The minimum Gasteiger partial charge on any atom is -0.404 e. The molecular weight excluding hydrogens is 366 g/mol. The van der Waals surface area contributed by atoms with Gasteiger partial charge in [-0.2, -0.15) is 0 Å². The van der Waals surface area contributed by atoms with Crippen molar-refractivity contribution in [1.82, 2.24) is 9.97 Å². The number of nitrogens with one attached hydrogen (secondary N) is 1. The molecule has 2 heterocycles. The van der Waals surface area contributed by atoms with Crippen LogP contribution in [0.15, 0.2) is 58.7 Å². The van der Waals surface area contributed by atoms with E-state index in [1.54, 1.807) is 11.8 Å². The molecule has 0 spiro atoms. The zero-order valence-electron chi connectivity index (χ0n) is 15.6. The first-order valence-corrected chi connectivity index (χ1v) is 10.0. The van der Waals surface area contributed by atoms with Gasteiger partial charge in [-0.3, -0.25) is 4.99 Å². The molecule has 5 nitrogen and oxygen atoms in total. The number of aromatic nitrogens is 2. The minimum absolute atomic E-state index is 0.603. The van der Waals surface area contributed by atoms with E-state index < -0.39 is 0 Å². The van der Waals surface area contributed by atoms with Gasteiger partial charge in [-0.05, 0) is 30.7 Å². The highest BCUT2D eigenvalue weighted by Gasteiger charge is 2.15. The number of aliphatic imine (C=N–C) groups is 1. The number of thioether (sulfide) groups is 1. The first-order valence-electron chi connectivity index (χ1n) is 9.02. The van der Waals surface area contributed by atoms with Crippen molar-refractivity contribution in [1.29, 1.82) is 0 Å². The lowest BCUT2D eigenvalue weighted by atomic mass is 10.1. The molecule has 0 aliphatic carbocycles. The molecular formula is C22H21N5S. The number of nitrogens with two attached hydrogens (primary N) is 1. The van der Waals surface area contributed by atoms with Crippen molar-refractivity contribution in [3.8, 4) is 0 Å². The van der Waals surface area contributed by atoms with Crippen molar-refractivity contribution < 1.29 is 0 Å².